The summed E-state index contributed by atoms with van der Waals surface area (Å²) < 4.78 is 16.1. The van der Waals surface area contributed by atoms with Gasteiger partial charge in [0.2, 0.25) is 0 Å². The molecule has 0 amide bonds. The number of hydrogen-bond donors (Lipinski definition) is 2. The van der Waals surface area contributed by atoms with Crippen molar-refractivity contribution in [3.05, 3.63) is 23.8 Å². The van der Waals surface area contributed by atoms with Crippen LogP contribution in [0.2, 0.25) is 0 Å². The number of ether oxygens (including phenoxy) is 3. The van der Waals surface area contributed by atoms with Crippen molar-refractivity contribution in [1.29, 1.82) is 0 Å². The molecule has 2 rings (SSSR count). The average Bonchev–Trinajstić information content (AvgIpc) is 2.43. The summed E-state index contributed by atoms with van der Waals surface area (Å²) in [6.45, 7) is 1.95. The summed E-state index contributed by atoms with van der Waals surface area (Å²) in [5.74, 6) is 7.20. The minimum Gasteiger partial charge on any atom is -0.486 e. The first-order valence-corrected chi connectivity index (χ1v) is 6.19. The standard InChI is InChI=1S/C13H20N2O3/c1-16-6-2-3-11(15-14)10-4-5-12-13(9-10)18-8-7-17-12/h4-5,9,11,15H,2-3,6-8,14H2,1H3. The molecule has 1 aliphatic rings. The van der Waals surface area contributed by atoms with Crippen LogP contribution in [0.25, 0.3) is 0 Å². The van der Waals surface area contributed by atoms with E-state index in [1.165, 1.54) is 0 Å². The van der Waals surface area contributed by atoms with Gasteiger partial charge in [-0.1, -0.05) is 6.07 Å². The lowest BCUT2D eigenvalue weighted by molar-refractivity contribution is 0.171. The topological polar surface area (TPSA) is 65.7 Å². The van der Waals surface area contributed by atoms with Crippen LogP contribution in [0.4, 0.5) is 0 Å². The van der Waals surface area contributed by atoms with E-state index in [-0.39, 0.29) is 6.04 Å². The minimum absolute atomic E-state index is 0.107. The molecule has 0 saturated carbocycles. The van der Waals surface area contributed by atoms with Crippen molar-refractivity contribution in [1.82, 2.24) is 5.43 Å². The maximum Gasteiger partial charge on any atom is 0.161 e. The summed E-state index contributed by atoms with van der Waals surface area (Å²) >= 11 is 0. The number of rotatable bonds is 6. The second kappa shape index (κ2) is 6.58. The van der Waals surface area contributed by atoms with Crippen LogP contribution in [-0.2, 0) is 4.74 Å². The maximum absolute atomic E-state index is 5.60. The maximum atomic E-state index is 5.60. The van der Waals surface area contributed by atoms with Gasteiger partial charge >= 0.3 is 0 Å². The van der Waals surface area contributed by atoms with Crippen LogP contribution in [0, 0.1) is 0 Å². The van der Waals surface area contributed by atoms with E-state index < -0.39 is 0 Å². The molecular formula is C13H20N2O3. The number of nitrogens with one attached hydrogen (secondary N) is 1. The van der Waals surface area contributed by atoms with Crippen LogP contribution in [0.3, 0.4) is 0 Å². The van der Waals surface area contributed by atoms with Crippen LogP contribution in [0.5, 0.6) is 11.5 Å². The summed E-state index contributed by atoms with van der Waals surface area (Å²) in [5, 5.41) is 0. The lowest BCUT2D eigenvalue weighted by atomic mass is 10.0. The molecule has 1 heterocycles. The molecule has 1 aromatic carbocycles. The monoisotopic (exact) mass is 252 g/mol. The van der Waals surface area contributed by atoms with Crippen molar-refractivity contribution in [2.45, 2.75) is 18.9 Å². The van der Waals surface area contributed by atoms with Crippen LogP contribution >= 0.6 is 0 Å². The third-order valence-electron chi connectivity index (χ3n) is 3.01. The quantitative estimate of drug-likeness (QED) is 0.455. The Morgan fingerprint density at radius 1 is 1.33 bits per heavy atom. The Hall–Kier alpha value is -1.30. The van der Waals surface area contributed by atoms with Gasteiger partial charge in [0.25, 0.3) is 0 Å². The normalized spacial score (nSPS) is 15.4. The van der Waals surface area contributed by atoms with Crippen molar-refractivity contribution >= 4 is 0 Å². The first-order valence-electron chi connectivity index (χ1n) is 6.19. The van der Waals surface area contributed by atoms with Gasteiger partial charge in [0.15, 0.2) is 11.5 Å². The van der Waals surface area contributed by atoms with E-state index in [4.69, 9.17) is 20.1 Å². The predicted molar refractivity (Wildman–Crippen MR) is 68.6 cm³/mol. The molecule has 0 saturated heterocycles. The molecule has 0 aliphatic carbocycles. The summed E-state index contributed by atoms with van der Waals surface area (Å²) in [6, 6.07) is 6.05. The van der Waals surface area contributed by atoms with E-state index in [0.29, 0.717) is 13.2 Å². The predicted octanol–water partition coefficient (Wildman–Crippen LogP) is 1.39. The lowest BCUT2D eigenvalue weighted by Gasteiger charge is -2.21. The van der Waals surface area contributed by atoms with Crippen molar-refractivity contribution in [2.24, 2.45) is 5.84 Å². The Bertz CT molecular complexity index is 384. The third kappa shape index (κ3) is 3.13. The van der Waals surface area contributed by atoms with Gasteiger partial charge in [-0.2, -0.15) is 0 Å². The van der Waals surface area contributed by atoms with E-state index in [1.54, 1.807) is 7.11 Å². The van der Waals surface area contributed by atoms with Crippen molar-refractivity contribution < 1.29 is 14.2 Å². The molecule has 5 heteroatoms. The highest BCUT2D eigenvalue weighted by molar-refractivity contribution is 5.44. The largest absolute Gasteiger partial charge is 0.486 e. The van der Waals surface area contributed by atoms with Gasteiger partial charge in [0.1, 0.15) is 13.2 Å². The molecular weight excluding hydrogens is 232 g/mol. The molecule has 5 nitrogen and oxygen atoms in total. The second-order valence-corrected chi connectivity index (χ2v) is 4.26. The van der Waals surface area contributed by atoms with E-state index in [0.717, 1.165) is 36.5 Å². The number of methoxy groups -OCH3 is 1. The zero-order valence-electron chi connectivity index (χ0n) is 10.6. The first-order chi connectivity index (χ1) is 8.85. The minimum atomic E-state index is 0.107. The zero-order chi connectivity index (χ0) is 12.8. The lowest BCUT2D eigenvalue weighted by Crippen LogP contribution is -2.28. The molecule has 0 fully saturated rings. The number of hydrazine groups is 1. The fourth-order valence-corrected chi connectivity index (χ4v) is 2.05. The van der Waals surface area contributed by atoms with Crippen LogP contribution in [0.15, 0.2) is 18.2 Å². The van der Waals surface area contributed by atoms with Gasteiger partial charge in [-0.05, 0) is 30.5 Å². The molecule has 0 bridgehead atoms. The van der Waals surface area contributed by atoms with Crippen molar-refractivity contribution in [3.8, 4) is 11.5 Å². The Balaban J connectivity index is 2.05. The highest BCUT2D eigenvalue weighted by Gasteiger charge is 2.15. The number of nitrogens with two attached hydrogens (primary N) is 1. The number of benzene rings is 1. The SMILES string of the molecule is COCCCC(NN)c1ccc2c(c1)OCCO2. The summed E-state index contributed by atoms with van der Waals surface area (Å²) in [4.78, 5) is 0. The third-order valence-corrected chi connectivity index (χ3v) is 3.01. The Kier molecular flexibility index (Phi) is 4.81. The van der Waals surface area contributed by atoms with E-state index >= 15 is 0 Å². The van der Waals surface area contributed by atoms with Gasteiger partial charge < -0.3 is 14.2 Å². The summed E-state index contributed by atoms with van der Waals surface area (Å²) in [7, 11) is 1.70. The zero-order valence-corrected chi connectivity index (χ0v) is 10.6. The summed E-state index contributed by atoms with van der Waals surface area (Å²) in [6.07, 6.45) is 1.88. The van der Waals surface area contributed by atoms with Gasteiger partial charge in [-0.25, -0.2) is 0 Å². The van der Waals surface area contributed by atoms with Gasteiger partial charge in [0, 0.05) is 19.8 Å². The van der Waals surface area contributed by atoms with Crippen LogP contribution < -0.4 is 20.7 Å². The molecule has 18 heavy (non-hydrogen) atoms. The van der Waals surface area contributed by atoms with Crippen LogP contribution in [-0.4, -0.2) is 26.9 Å². The molecule has 1 aliphatic heterocycles. The average molecular weight is 252 g/mol. The van der Waals surface area contributed by atoms with E-state index in [9.17, 15) is 0 Å². The molecule has 0 aromatic heterocycles. The summed E-state index contributed by atoms with van der Waals surface area (Å²) in [5.41, 5.74) is 3.94. The molecule has 1 atom stereocenters. The molecule has 0 radical (unpaired) electrons. The van der Waals surface area contributed by atoms with Gasteiger partial charge in [0.05, 0.1) is 0 Å². The first kappa shape index (κ1) is 13.1. The molecule has 1 unspecified atom stereocenters. The van der Waals surface area contributed by atoms with Crippen molar-refractivity contribution in [3.63, 3.8) is 0 Å². The molecule has 0 spiro atoms. The molecule has 3 N–H and O–H groups in total. The van der Waals surface area contributed by atoms with Gasteiger partial charge in [-0.15, -0.1) is 0 Å². The highest BCUT2D eigenvalue weighted by atomic mass is 16.6. The van der Waals surface area contributed by atoms with E-state index in [1.807, 2.05) is 18.2 Å². The Labute approximate surface area is 107 Å². The smallest absolute Gasteiger partial charge is 0.161 e. The number of fused-ring (bicyclic) bond motifs is 1. The highest BCUT2D eigenvalue weighted by Crippen LogP contribution is 2.33. The molecule has 1 aromatic rings. The van der Waals surface area contributed by atoms with Crippen molar-refractivity contribution in [2.75, 3.05) is 26.9 Å². The fraction of sp³-hybridized carbons (Fsp3) is 0.538. The Morgan fingerprint density at radius 3 is 2.83 bits per heavy atom. The Morgan fingerprint density at radius 2 is 2.11 bits per heavy atom. The van der Waals surface area contributed by atoms with Crippen LogP contribution in [0.1, 0.15) is 24.4 Å². The van der Waals surface area contributed by atoms with E-state index in [2.05, 4.69) is 5.43 Å². The second-order valence-electron chi connectivity index (χ2n) is 4.26. The fourth-order valence-electron chi connectivity index (χ4n) is 2.05. The number of hydrogen-bond acceptors (Lipinski definition) is 5. The van der Waals surface area contributed by atoms with Gasteiger partial charge in [-0.3, -0.25) is 11.3 Å². The molecule has 100 valence electrons.